The average molecular weight is 738 g/mol. The normalized spacial score (nSPS) is 11.9. The number of carbonyl (C=O) groups excluding carboxylic acids is 2. The lowest BCUT2D eigenvalue weighted by Crippen LogP contribution is -2.54. The SMILES string of the molecule is COc1ccc(N(CC(=O)N(Cc2cccc(Br)c2)[C@@H](Cc2ccccc2)C(=O)NC(C)C)S(=O)(=O)c2ccc(C)c([N+](=O)[O-])c2)cc1. The van der Waals surface area contributed by atoms with Crippen LogP contribution in [-0.4, -0.2) is 55.8 Å². The molecule has 0 fully saturated rings. The molecule has 4 aromatic rings. The Bertz CT molecular complexity index is 1870. The molecule has 252 valence electrons. The number of carbonyl (C=O) groups is 2. The Morgan fingerprint density at radius 2 is 1.60 bits per heavy atom. The van der Waals surface area contributed by atoms with E-state index in [1.54, 1.807) is 18.2 Å². The van der Waals surface area contributed by atoms with E-state index in [2.05, 4.69) is 21.2 Å². The summed E-state index contributed by atoms with van der Waals surface area (Å²) >= 11 is 3.47. The predicted octanol–water partition coefficient (Wildman–Crippen LogP) is 6.03. The summed E-state index contributed by atoms with van der Waals surface area (Å²) in [6, 6.07) is 25.0. The van der Waals surface area contributed by atoms with Crippen molar-refractivity contribution >= 4 is 49.1 Å². The number of nitro benzene ring substituents is 1. The third-order valence-electron chi connectivity index (χ3n) is 7.55. The average Bonchev–Trinajstić information content (AvgIpc) is 3.05. The minimum Gasteiger partial charge on any atom is -0.497 e. The van der Waals surface area contributed by atoms with Crippen LogP contribution in [0.25, 0.3) is 0 Å². The second kappa shape index (κ2) is 15.9. The highest BCUT2D eigenvalue weighted by molar-refractivity contribution is 9.10. The molecular formula is C35H37BrN4O7S. The molecule has 4 aromatic carbocycles. The van der Waals surface area contributed by atoms with Crippen molar-refractivity contribution in [3.63, 3.8) is 0 Å². The van der Waals surface area contributed by atoms with E-state index in [0.717, 1.165) is 20.4 Å². The Morgan fingerprint density at radius 1 is 0.938 bits per heavy atom. The monoisotopic (exact) mass is 736 g/mol. The van der Waals surface area contributed by atoms with Crippen molar-refractivity contribution < 1.29 is 27.7 Å². The number of nitrogens with zero attached hydrogens (tertiary/aromatic N) is 3. The fraction of sp³-hybridized carbons (Fsp3) is 0.257. The van der Waals surface area contributed by atoms with E-state index in [-0.39, 0.29) is 40.8 Å². The highest BCUT2D eigenvalue weighted by Gasteiger charge is 2.35. The first-order valence-electron chi connectivity index (χ1n) is 15.1. The molecule has 0 saturated heterocycles. The molecule has 0 unspecified atom stereocenters. The largest absolute Gasteiger partial charge is 0.497 e. The third kappa shape index (κ3) is 8.98. The molecule has 13 heteroatoms. The topological polar surface area (TPSA) is 139 Å². The van der Waals surface area contributed by atoms with Gasteiger partial charge in [0.05, 0.1) is 22.6 Å². The predicted molar refractivity (Wildman–Crippen MR) is 187 cm³/mol. The summed E-state index contributed by atoms with van der Waals surface area (Å²) in [6.45, 7) is 4.43. The van der Waals surface area contributed by atoms with Crippen LogP contribution in [0.3, 0.4) is 0 Å². The van der Waals surface area contributed by atoms with Crippen LogP contribution in [0, 0.1) is 17.0 Å². The van der Waals surface area contributed by atoms with E-state index < -0.39 is 39.3 Å². The summed E-state index contributed by atoms with van der Waals surface area (Å²) in [6.07, 6.45) is 0.165. The van der Waals surface area contributed by atoms with Gasteiger partial charge in [0, 0.05) is 35.1 Å². The number of amides is 2. The summed E-state index contributed by atoms with van der Waals surface area (Å²) in [5.41, 5.74) is 1.55. The van der Waals surface area contributed by atoms with Gasteiger partial charge in [-0.2, -0.15) is 0 Å². The van der Waals surface area contributed by atoms with Crippen LogP contribution in [-0.2, 0) is 32.6 Å². The number of sulfonamides is 1. The van der Waals surface area contributed by atoms with Gasteiger partial charge in [-0.05, 0) is 74.4 Å². The van der Waals surface area contributed by atoms with E-state index in [0.29, 0.717) is 11.3 Å². The zero-order chi connectivity index (χ0) is 35.0. The van der Waals surface area contributed by atoms with Crippen molar-refractivity contribution in [2.24, 2.45) is 0 Å². The molecule has 0 aliphatic rings. The summed E-state index contributed by atoms with van der Waals surface area (Å²) < 4.78 is 35.5. The molecule has 0 saturated carbocycles. The van der Waals surface area contributed by atoms with E-state index >= 15 is 0 Å². The first-order chi connectivity index (χ1) is 22.8. The van der Waals surface area contributed by atoms with Crippen LogP contribution in [0.15, 0.2) is 106 Å². The van der Waals surface area contributed by atoms with Gasteiger partial charge in [0.15, 0.2) is 0 Å². The van der Waals surface area contributed by atoms with Gasteiger partial charge in [0.25, 0.3) is 15.7 Å². The number of hydrogen-bond donors (Lipinski definition) is 1. The van der Waals surface area contributed by atoms with Crippen LogP contribution in [0.4, 0.5) is 11.4 Å². The third-order valence-corrected chi connectivity index (χ3v) is 9.81. The first-order valence-corrected chi connectivity index (χ1v) is 17.3. The number of nitro groups is 1. The summed E-state index contributed by atoms with van der Waals surface area (Å²) in [5, 5.41) is 14.6. The number of aryl methyl sites for hydroxylation is 1. The molecule has 48 heavy (non-hydrogen) atoms. The smallest absolute Gasteiger partial charge is 0.273 e. The van der Waals surface area contributed by atoms with Gasteiger partial charge in [-0.3, -0.25) is 24.0 Å². The van der Waals surface area contributed by atoms with Gasteiger partial charge in [0.2, 0.25) is 11.8 Å². The number of ether oxygens (including phenoxy) is 1. The highest BCUT2D eigenvalue weighted by atomic mass is 79.9. The lowest BCUT2D eigenvalue weighted by Gasteiger charge is -2.34. The van der Waals surface area contributed by atoms with Crippen molar-refractivity contribution in [1.82, 2.24) is 10.2 Å². The molecule has 0 aliphatic carbocycles. The summed E-state index contributed by atoms with van der Waals surface area (Å²) in [5.74, 6) is -0.598. The Balaban J connectivity index is 1.84. The maximum Gasteiger partial charge on any atom is 0.273 e. The summed E-state index contributed by atoms with van der Waals surface area (Å²) in [4.78, 5) is 40.5. The van der Waals surface area contributed by atoms with Crippen molar-refractivity contribution in [3.05, 3.63) is 128 Å². The molecular weight excluding hydrogens is 700 g/mol. The van der Waals surface area contributed by atoms with E-state index in [4.69, 9.17) is 4.74 Å². The molecule has 11 nitrogen and oxygen atoms in total. The zero-order valence-electron chi connectivity index (χ0n) is 27.0. The maximum absolute atomic E-state index is 14.6. The minimum absolute atomic E-state index is 0.00616. The molecule has 2 amide bonds. The second-order valence-corrected chi connectivity index (χ2v) is 14.2. The summed E-state index contributed by atoms with van der Waals surface area (Å²) in [7, 11) is -3.08. The van der Waals surface area contributed by atoms with Crippen molar-refractivity contribution in [1.29, 1.82) is 0 Å². The molecule has 4 rings (SSSR count). The first kappa shape index (κ1) is 36.1. The van der Waals surface area contributed by atoms with Gasteiger partial charge in [0.1, 0.15) is 18.3 Å². The molecule has 0 heterocycles. The molecule has 0 radical (unpaired) electrons. The number of benzene rings is 4. The van der Waals surface area contributed by atoms with Crippen molar-refractivity contribution in [3.8, 4) is 5.75 Å². The van der Waals surface area contributed by atoms with Gasteiger partial charge < -0.3 is 15.0 Å². The van der Waals surface area contributed by atoms with Gasteiger partial charge in [-0.25, -0.2) is 8.42 Å². The van der Waals surface area contributed by atoms with Gasteiger partial charge in [-0.15, -0.1) is 0 Å². The van der Waals surface area contributed by atoms with Crippen LogP contribution < -0.4 is 14.4 Å². The Hall–Kier alpha value is -4.75. The lowest BCUT2D eigenvalue weighted by molar-refractivity contribution is -0.385. The number of hydrogen-bond acceptors (Lipinski definition) is 7. The maximum atomic E-state index is 14.6. The molecule has 0 aromatic heterocycles. The number of halogens is 1. The fourth-order valence-electron chi connectivity index (χ4n) is 5.12. The molecule has 0 aliphatic heterocycles. The van der Waals surface area contributed by atoms with Crippen LogP contribution in [0.1, 0.15) is 30.5 Å². The number of rotatable bonds is 14. The second-order valence-electron chi connectivity index (χ2n) is 11.4. The van der Waals surface area contributed by atoms with Crippen LogP contribution >= 0.6 is 15.9 Å². The minimum atomic E-state index is -4.55. The molecule has 0 spiro atoms. The van der Waals surface area contributed by atoms with E-state index in [1.165, 1.54) is 43.2 Å². The van der Waals surface area contributed by atoms with Crippen molar-refractivity contribution in [2.75, 3.05) is 18.0 Å². The van der Waals surface area contributed by atoms with E-state index in [9.17, 15) is 28.1 Å². The Morgan fingerprint density at radius 3 is 2.21 bits per heavy atom. The van der Waals surface area contributed by atoms with Gasteiger partial charge in [-0.1, -0.05) is 64.5 Å². The molecule has 1 N–H and O–H groups in total. The van der Waals surface area contributed by atoms with Gasteiger partial charge >= 0.3 is 0 Å². The fourth-order valence-corrected chi connectivity index (χ4v) is 7.00. The highest BCUT2D eigenvalue weighted by Crippen LogP contribution is 2.30. The molecule has 1 atom stereocenters. The zero-order valence-corrected chi connectivity index (χ0v) is 29.4. The molecule has 0 bridgehead atoms. The standard InChI is InChI=1S/C35H37BrN4O7S/c1-24(2)37-35(42)33(20-26-9-6-5-7-10-26)38(22-27-11-8-12-28(36)19-27)34(41)23-39(29-14-16-30(47-4)17-15-29)48(45,46)31-18-13-25(3)32(21-31)40(43)44/h5-19,21,24,33H,20,22-23H2,1-4H3,(H,37,42)/t33-/m0/s1. The number of nitrogens with one attached hydrogen (secondary N) is 1. The Labute approximate surface area is 288 Å². The van der Waals surface area contributed by atoms with Crippen molar-refractivity contribution in [2.45, 2.75) is 50.7 Å². The quantitative estimate of drug-likeness (QED) is 0.123. The van der Waals surface area contributed by atoms with Crippen LogP contribution in [0.2, 0.25) is 0 Å². The number of anilines is 1. The van der Waals surface area contributed by atoms with E-state index in [1.807, 2.05) is 62.4 Å². The lowest BCUT2D eigenvalue weighted by atomic mass is 10.0. The number of methoxy groups -OCH3 is 1. The Kier molecular flexibility index (Phi) is 12.0. The van der Waals surface area contributed by atoms with Crippen LogP contribution in [0.5, 0.6) is 5.75 Å².